The highest BCUT2D eigenvalue weighted by atomic mass is 32.1. The van der Waals surface area contributed by atoms with Gasteiger partial charge >= 0.3 is 0 Å². The average Bonchev–Trinajstić information content (AvgIpc) is 3.26. The standard InChI is InChI=1S/C23H35N3OS2/c1-2-3-4-5-6-7-8-9-10-11-12-16-21(27)25-23(28)26-22-19(17-24)18-14-13-15-20(18)29-22/h2-16H2,1H3,(H2,25,26,27,28). The van der Waals surface area contributed by atoms with Gasteiger partial charge in [-0.3, -0.25) is 4.79 Å². The van der Waals surface area contributed by atoms with Crippen LogP contribution in [-0.4, -0.2) is 11.0 Å². The van der Waals surface area contributed by atoms with E-state index < -0.39 is 0 Å². The molecule has 1 aliphatic rings. The number of thiocarbonyl (C=S) groups is 1. The van der Waals surface area contributed by atoms with Crippen molar-refractivity contribution in [1.29, 1.82) is 5.26 Å². The lowest BCUT2D eigenvalue weighted by Gasteiger charge is -2.09. The second-order valence-electron chi connectivity index (χ2n) is 7.96. The van der Waals surface area contributed by atoms with E-state index in [0.717, 1.165) is 42.7 Å². The Balaban J connectivity index is 1.53. The Kier molecular flexibility index (Phi) is 11.3. The van der Waals surface area contributed by atoms with E-state index in [-0.39, 0.29) is 5.91 Å². The summed E-state index contributed by atoms with van der Waals surface area (Å²) in [6, 6.07) is 2.29. The summed E-state index contributed by atoms with van der Waals surface area (Å²) < 4.78 is 0. The van der Waals surface area contributed by atoms with Crippen LogP contribution in [0.5, 0.6) is 0 Å². The van der Waals surface area contributed by atoms with Crippen molar-refractivity contribution in [2.24, 2.45) is 0 Å². The SMILES string of the molecule is CCCCCCCCCCCCCC(=O)NC(=S)Nc1sc2c(c1C#N)CCC2. The molecule has 1 aromatic heterocycles. The van der Waals surface area contributed by atoms with Gasteiger partial charge in [0.2, 0.25) is 5.91 Å². The third kappa shape index (κ3) is 8.44. The van der Waals surface area contributed by atoms with E-state index in [1.165, 1.54) is 62.7 Å². The number of carbonyl (C=O) groups is 1. The van der Waals surface area contributed by atoms with Crippen molar-refractivity contribution in [2.45, 2.75) is 103 Å². The van der Waals surface area contributed by atoms with E-state index in [4.69, 9.17) is 12.2 Å². The number of fused-ring (bicyclic) bond motifs is 1. The van der Waals surface area contributed by atoms with Gasteiger partial charge in [-0.2, -0.15) is 5.26 Å². The third-order valence-corrected chi connectivity index (χ3v) is 6.93. The molecule has 0 unspecified atom stereocenters. The van der Waals surface area contributed by atoms with Gasteiger partial charge in [0.25, 0.3) is 0 Å². The highest BCUT2D eigenvalue weighted by Gasteiger charge is 2.22. The van der Waals surface area contributed by atoms with Gasteiger partial charge in [0.15, 0.2) is 5.11 Å². The molecule has 1 aliphatic carbocycles. The molecule has 0 spiro atoms. The Morgan fingerprint density at radius 3 is 2.28 bits per heavy atom. The van der Waals surface area contributed by atoms with Crippen molar-refractivity contribution in [2.75, 3.05) is 5.32 Å². The zero-order chi connectivity index (χ0) is 20.9. The minimum Gasteiger partial charge on any atom is -0.323 e. The molecule has 2 rings (SSSR count). The third-order valence-electron chi connectivity index (χ3n) is 5.52. The lowest BCUT2D eigenvalue weighted by Crippen LogP contribution is -2.33. The normalized spacial score (nSPS) is 12.4. The van der Waals surface area contributed by atoms with Crippen molar-refractivity contribution < 1.29 is 4.79 Å². The first-order chi connectivity index (χ1) is 14.2. The largest absolute Gasteiger partial charge is 0.323 e. The van der Waals surface area contributed by atoms with Gasteiger partial charge in [-0.15, -0.1) is 11.3 Å². The summed E-state index contributed by atoms with van der Waals surface area (Å²) in [7, 11) is 0. The molecule has 2 N–H and O–H groups in total. The maximum Gasteiger partial charge on any atom is 0.226 e. The number of nitrogens with one attached hydrogen (secondary N) is 2. The van der Waals surface area contributed by atoms with Crippen LogP contribution >= 0.6 is 23.6 Å². The fourth-order valence-electron chi connectivity index (χ4n) is 3.88. The number of nitriles is 1. The van der Waals surface area contributed by atoms with Gasteiger partial charge < -0.3 is 10.6 Å². The second-order valence-corrected chi connectivity index (χ2v) is 9.47. The van der Waals surface area contributed by atoms with Crippen LogP contribution < -0.4 is 10.6 Å². The van der Waals surface area contributed by atoms with E-state index in [0.29, 0.717) is 17.1 Å². The first-order valence-electron chi connectivity index (χ1n) is 11.3. The Morgan fingerprint density at radius 1 is 1.03 bits per heavy atom. The van der Waals surface area contributed by atoms with Gasteiger partial charge in [-0.25, -0.2) is 0 Å². The zero-order valence-electron chi connectivity index (χ0n) is 17.8. The number of rotatable bonds is 13. The van der Waals surface area contributed by atoms with Crippen LogP contribution in [0.4, 0.5) is 5.00 Å². The average molecular weight is 434 g/mol. The first-order valence-corrected chi connectivity index (χ1v) is 12.5. The van der Waals surface area contributed by atoms with E-state index in [2.05, 4.69) is 23.6 Å². The second kappa shape index (κ2) is 13.7. The minimum atomic E-state index is -0.0407. The van der Waals surface area contributed by atoms with Gasteiger partial charge in [0.05, 0.1) is 5.56 Å². The summed E-state index contributed by atoms with van der Waals surface area (Å²) in [5.74, 6) is -0.0407. The molecule has 1 amide bonds. The predicted molar refractivity (Wildman–Crippen MR) is 127 cm³/mol. The highest BCUT2D eigenvalue weighted by Crippen LogP contribution is 2.38. The summed E-state index contributed by atoms with van der Waals surface area (Å²) >= 11 is 6.86. The smallest absolute Gasteiger partial charge is 0.226 e. The van der Waals surface area contributed by atoms with E-state index in [1.807, 2.05) is 0 Å². The number of anilines is 1. The van der Waals surface area contributed by atoms with Gasteiger partial charge in [0.1, 0.15) is 11.1 Å². The first kappa shape index (κ1) is 23.8. The molecule has 0 bridgehead atoms. The van der Waals surface area contributed by atoms with Crippen LogP contribution in [0.2, 0.25) is 0 Å². The monoisotopic (exact) mass is 433 g/mol. The van der Waals surface area contributed by atoms with Crippen LogP contribution in [0.15, 0.2) is 0 Å². The Bertz CT molecular complexity index is 706. The number of hydrogen-bond donors (Lipinski definition) is 2. The lowest BCUT2D eigenvalue weighted by atomic mass is 10.1. The molecule has 4 nitrogen and oxygen atoms in total. The summed E-state index contributed by atoms with van der Waals surface area (Å²) in [4.78, 5) is 13.4. The molecule has 0 aromatic carbocycles. The summed E-state index contributed by atoms with van der Waals surface area (Å²) in [5.41, 5.74) is 1.86. The van der Waals surface area contributed by atoms with Crippen LogP contribution in [-0.2, 0) is 17.6 Å². The topological polar surface area (TPSA) is 64.9 Å². The summed E-state index contributed by atoms with van der Waals surface area (Å²) in [6.07, 6.45) is 17.6. The van der Waals surface area contributed by atoms with Gasteiger partial charge in [0, 0.05) is 11.3 Å². The maximum absolute atomic E-state index is 12.1. The minimum absolute atomic E-state index is 0.0407. The molecule has 0 aliphatic heterocycles. The Hall–Kier alpha value is -1.45. The van der Waals surface area contributed by atoms with Crippen LogP contribution in [0.1, 0.15) is 106 Å². The van der Waals surface area contributed by atoms with E-state index in [9.17, 15) is 10.1 Å². The maximum atomic E-state index is 12.1. The van der Waals surface area contributed by atoms with Crippen molar-refractivity contribution in [1.82, 2.24) is 5.32 Å². The van der Waals surface area contributed by atoms with Gasteiger partial charge in [-0.05, 0) is 43.5 Å². The van der Waals surface area contributed by atoms with Crippen LogP contribution in [0.25, 0.3) is 0 Å². The van der Waals surface area contributed by atoms with Crippen LogP contribution in [0, 0.1) is 11.3 Å². The van der Waals surface area contributed by atoms with Crippen molar-refractivity contribution in [3.8, 4) is 6.07 Å². The Morgan fingerprint density at radius 2 is 1.66 bits per heavy atom. The molecule has 0 fully saturated rings. The van der Waals surface area contributed by atoms with E-state index >= 15 is 0 Å². The number of nitrogens with zero attached hydrogens (tertiary/aromatic N) is 1. The van der Waals surface area contributed by atoms with Crippen LogP contribution in [0.3, 0.4) is 0 Å². The fraction of sp³-hybridized carbons (Fsp3) is 0.696. The molecule has 1 aromatic rings. The molecular weight excluding hydrogens is 398 g/mol. The highest BCUT2D eigenvalue weighted by molar-refractivity contribution is 7.80. The zero-order valence-corrected chi connectivity index (χ0v) is 19.4. The fourth-order valence-corrected chi connectivity index (χ4v) is 5.41. The van der Waals surface area contributed by atoms with Crippen molar-refractivity contribution in [3.63, 3.8) is 0 Å². The molecule has 6 heteroatoms. The molecule has 1 heterocycles. The lowest BCUT2D eigenvalue weighted by molar-refractivity contribution is -0.119. The summed E-state index contributed by atoms with van der Waals surface area (Å²) in [5, 5.41) is 16.3. The number of aryl methyl sites for hydroxylation is 1. The number of unbranched alkanes of at least 4 members (excludes halogenated alkanes) is 10. The molecule has 0 atom stereocenters. The molecular formula is C23H35N3OS2. The number of thiophene rings is 1. The van der Waals surface area contributed by atoms with Crippen molar-refractivity contribution in [3.05, 3.63) is 16.0 Å². The molecule has 0 radical (unpaired) electrons. The molecule has 29 heavy (non-hydrogen) atoms. The summed E-state index contributed by atoms with van der Waals surface area (Å²) in [6.45, 7) is 2.25. The number of amides is 1. The number of hydrogen-bond acceptors (Lipinski definition) is 4. The molecule has 0 saturated heterocycles. The molecule has 0 saturated carbocycles. The predicted octanol–water partition coefficient (Wildman–Crippen LogP) is 6.62. The Labute approximate surface area is 185 Å². The molecule has 160 valence electrons. The quantitative estimate of drug-likeness (QED) is 0.271. The van der Waals surface area contributed by atoms with Crippen molar-refractivity contribution >= 4 is 39.6 Å². The number of carbonyl (C=O) groups excluding carboxylic acids is 1. The van der Waals surface area contributed by atoms with E-state index in [1.54, 1.807) is 11.3 Å². The van der Waals surface area contributed by atoms with Gasteiger partial charge in [-0.1, -0.05) is 71.1 Å².